The SMILES string of the molecule is CCOC(=O)c1c(NC(=O)c2ccc([N+](=O)[O-])o2)sc2c1CCN(C)C2. The van der Waals surface area contributed by atoms with Crippen LogP contribution in [0.2, 0.25) is 0 Å². The molecule has 0 radical (unpaired) electrons. The highest BCUT2D eigenvalue weighted by molar-refractivity contribution is 7.17. The zero-order valence-electron chi connectivity index (χ0n) is 14.2. The highest BCUT2D eigenvalue weighted by atomic mass is 32.1. The van der Waals surface area contributed by atoms with Gasteiger partial charge in [0.2, 0.25) is 0 Å². The van der Waals surface area contributed by atoms with Crippen LogP contribution in [0.5, 0.6) is 0 Å². The summed E-state index contributed by atoms with van der Waals surface area (Å²) < 4.78 is 10.0. The molecule has 0 spiro atoms. The maximum Gasteiger partial charge on any atom is 0.433 e. The number of nitrogens with zero attached hydrogens (tertiary/aromatic N) is 2. The lowest BCUT2D eigenvalue weighted by atomic mass is 10.0. The van der Waals surface area contributed by atoms with E-state index in [2.05, 4.69) is 10.2 Å². The van der Waals surface area contributed by atoms with E-state index in [0.29, 0.717) is 23.5 Å². The van der Waals surface area contributed by atoms with Gasteiger partial charge in [0.25, 0.3) is 5.91 Å². The minimum Gasteiger partial charge on any atom is -0.462 e. The molecule has 1 amide bonds. The quantitative estimate of drug-likeness (QED) is 0.482. The fourth-order valence-electron chi connectivity index (χ4n) is 2.75. The average Bonchev–Trinajstić information content (AvgIpc) is 3.19. The second kappa shape index (κ2) is 7.26. The number of carbonyl (C=O) groups is 2. The lowest BCUT2D eigenvalue weighted by Gasteiger charge is -2.22. The molecule has 0 unspecified atom stereocenters. The number of nitrogens with one attached hydrogen (secondary N) is 1. The molecule has 10 heteroatoms. The predicted molar refractivity (Wildman–Crippen MR) is 93.6 cm³/mol. The van der Waals surface area contributed by atoms with Crippen LogP contribution >= 0.6 is 11.3 Å². The summed E-state index contributed by atoms with van der Waals surface area (Å²) in [6.45, 7) is 3.41. The van der Waals surface area contributed by atoms with E-state index in [9.17, 15) is 19.7 Å². The number of thiophene rings is 1. The highest BCUT2D eigenvalue weighted by Gasteiger charge is 2.29. The van der Waals surface area contributed by atoms with E-state index >= 15 is 0 Å². The highest BCUT2D eigenvalue weighted by Crippen LogP contribution is 2.37. The number of likely N-dealkylation sites (N-methyl/N-ethyl adjacent to an activating group) is 1. The smallest absolute Gasteiger partial charge is 0.433 e. The van der Waals surface area contributed by atoms with Crippen LogP contribution in [0.3, 0.4) is 0 Å². The Balaban J connectivity index is 1.91. The van der Waals surface area contributed by atoms with Crippen LogP contribution in [0.1, 0.15) is 38.3 Å². The Bertz CT molecular complexity index is 871. The minimum atomic E-state index is -0.722. The molecular weight excluding hydrogens is 362 g/mol. The molecule has 1 N–H and O–H groups in total. The fraction of sp³-hybridized carbons (Fsp3) is 0.375. The Kier molecular flexibility index (Phi) is 5.05. The van der Waals surface area contributed by atoms with E-state index < -0.39 is 22.7 Å². The standard InChI is InChI=1S/C16H17N3O6S/c1-3-24-16(21)13-9-6-7-18(2)8-11(9)26-15(13)17-14(20)10-4-5-12(25-10)19(22)23/h4-5H,3,6-8H2,1-2H3,(H,17,20). The van der Waals surface area contributed by atoms with Gasteiger partial charge in [0.05, 0.1) is 18.2 Å². The van der Waals surface area contributed by atoms with Gasteiger partial charge in [-0.3, -0.25) is 14.9 Å². The average molecular weight is 379 g/mol. The number of ether oxygens (including phenoxy) is 1. The summed E-state index contributed by atoms with van der Waals surface area (Å²) in [5.74, 6) is -1.87. The van der Waals surface area contributed by atoms with Crippen LogP contribution in [0.25, 0.3) is 0 Å². The van der Waals surface area contributed by atoms with Gasteiger partial charge in [0.15, 0.2) is 5.76 Å². The van der Waals surface area contributed by atoms with Crippen LogP contribution in [0.4, 0.5) is 10.9 Å². The second-order valence-electron chi connectivity index (χ2n) is 5.77. The summed E-state index contributed by atoms with van der Waals surface area (Å²) >= 11 is 1.31. The lowest BCUT2D eigenvalue weighted by Crippen LogP contribution is -2.26. The molecule has 0 fully saturated rings. The van der Waals surface area contributed by atoms with Crippen molar-refractivity contribution >= 4 is 34.1 Å². The summed E-state index contributed by atoms with van der Waals surface area (Å²) in [7, 11) is 1.98. The maximum absolute atomic E-state index is 12.4. The van der Waals surface area contributed by atoms with Crippen molar-refractivity contribution in [2.24, 2.45) is 0 Å². The molecule has 0 aliphatic carbocycles. The monoisotopic (exact) mass is 379 g/mol. The van der Waals surface area contributed by atoms with Gasteiger partial charge in [0, 0.05) is 18.0 Å². The van der Waals surface area contributed by atoms with Gasteiger partial charge in [-0.05, 0) is 32.0 Å². The van der Waals surface area contributed by atoms with Gasteiger partial charge >= 0.3 is 11.9 Å². The number of carbonyl (C=O) groups excluding carboxylic acids is 2. The van der Waals surface area contributed by atoms with Gasteiger partial charge in [-0.25, -0.2) is 4.79 Å². The van der Waals surface area contributed by atoms with E-state index in [-0.39, 0.29) is 12.4 Å². The fourth-order valence-corrected chi connectivity index (χ4v) is 4.06. The van der Waals surface area contributed by atoms with E-state index in [1.54, 1.807) is 6.92 Å². The van der Waals surface area contributed by atoms with Crippen LogP contribution < -0.4 is 5.32 Å². The van der Waals surface area contributed by atoms with Crippen molar-refractivity contribution in [3.63, 3.8) is 0 Å². The van der Waals surface area contributed by atoms with E-state index in [1.807, 2.05) is 7.05 Å². The molecule has 0 saturated heterocycles. The van der Waals surface area contributed by atoms with Crippen LogP contribution in [0, 0.1) is 10.1 Å². The van der Waals surface area contributed by atoms with E-state index in [4.69, 9.17) is 9.15 Å². The van der Waals surface area contributed by atoms with Crippen molar-refractivity contribution in [3.8, 4) is 0 Å². The molecular formula is C16H17N3O6S. The zero-order valence-corrected chi connectivity index (χ0v) is 15.1. The van der Waals surface area contributed by atoms with Crippen LogP contribution in [0.15, 0.2) is 16.5 Å². The Labute approximate surface area is 152 Å². The van der Waals surface area contributed by atoms with Crippen molar-refractivity contribution in [2.45, 2.75) is 19.9 Å². The first-order valence-corrected chi connectivity index (χ1v) is 8.78. The first-order chi connectivity index (χ1) is 12.4. The van der Waals surface area contributed by atoms with Crippen molar-refractivity contribution in [2.75, 3.05) is 25.5 Å². The summed E-state index contributed by atoms with van der Waals surface area (Å²) in [4.78, 5) is 37.9. The number of hydrogen-bond acceptors (Lipinski definition) is 8. The van der Waals surface area contributed by atoms with Crippen LogP contribution in [-0.4, -0.2) is 41.9 Å². The zero-order chi connectivity index (χ0) is 18.8. The largest absolute Gasteiger partial charge is 0.462 e. The molecule has 26 heavy (non-hydrogen) atoms. The Morgan fingerprint density at radius 2 is 2.23 bits per heavy atom. The number of amides is 1. The molecule has 138 valence electrons. The molecule has 9 nitrogen and oxygen atoms in total. The molecule has 1 aliphatic rings. The molecule has 2 aromatic heterocycles. The summed E-state index contributed by atoms with van der Waals surface area (Å²) in [6.07, 6.45) is 0.679. The maximum atomic E-state index is 12.4. The first kappa shape index (κ1) is 18.1. The van der Waals surface area contributed by atoms with Crippen molar-refractivity contribution in [3.05, 3.63) is 44.0 Å². The van der Waals surface area contributed by atoms with E-state index in [0.717, 1.165) is 23.1 Å². The molecule has 2 aromatic rings. The topological polar surface area (TPSA) is 115 Å². The molecule has 0 saturated carbocycles. The van der Waals surface area contributed by atoms with Gasteiger partial charge in [0.1, 0.15) is 9.92 Å². The molecule has 1 aliphatic heterocycles. The Morgan fingerprint density at radius 3 is 2.88 bits per heavy atom. The number of nitro groups is 1. The van der Waals surface area contributed by atoms with Gasteiger partial charge < -0.3 is 19.4 Å². The summed E-state index contributed by atoms with van der Waals surface area (Å²) in [5, 5.41) is 13.7. The van der Waals surface area contributed by atoms with Gasteiger partial charge in [-0.1, -0.05) is 0 Å². The molecule has 0 bridgehead atoms. The molecule has 3 rings (SSSR count). The summed E-state index contributed by atoms with van der Waals surface area (Å²) in [5.41, 5.74) is 1.24. The Morgan fingerprint density at radius 1 is 1.46 bits per heavy atom. The third-order valence-electron chi connectivity index (χ3n) is 3.95. The van der Waals surface area contributed by atoms with E-state index in [1.165, 1.54) is 17.4 Å². The third-order valence-corrected chi connectivity index (χ3v) is 5.08. The van der Waals surface area contributed by atoms with Gasteiger partial charge in [-0.2, -0.15) is 0 Å². The van der Waals surface area contributed by atoms with Crippen LogP contribution in [-0.2, 0) is 17.7 Å². The Hall–Kier alpha value is -2.72. The number of fused-ring (bicyclic) bond motifs is 1. The van der Waals surface area contributed by atoms with Crippen molar-refractivity contribution in [1.82, 2.24) is 4.90 Å². The first-order valence-electron chi connectivity index (χ1n) is 7.96. The predicted octanol–water partition coefficient (Wildman–Crippen LogP) is 2.67. The second-order valence-corrected chi connectivity index (χ2v) is 6.87. The third kappa shape index (κ3) is 3.46. The van der Waals surface area contributed by atoms with Crippen molar-refractivity contribution in [1.29, 1.82) is 0 Å². The van der Waals surface area contributed by atoms with Gasteiger partial charge in [-0.15, -0.1) is 11.3 Å². The lowest BCUT2D eigenvalue weighted by molar-refractivity contribution is -0.402. The number of anilines is 1. The normalized spacial score (nSPS) is 13.9. The van der Waals surface area contributed by atoms with Crippen molar-refractivity contribution < 1.29 is 23.7 Å². The summed E-state index contributed by atoms with van der Waals surface area (Å²) in [6, 6.07) is 2.33. The molecule has 0 atom stereocenters. The number of esters is 1. The number of hydrogen-bond donors (Lipinski definition) is 1. The molecule has 0 aromatic carbocycles. The number of furan rings is 1. The minimum absolute atomic E-state index is 0.199. The number of rotatable bonds is 5. The molecule has 3 heterocycles.